The predicted molar refractivity (Wildman–Crippen MR) is 51.1 cm³/mol. The van der Waals surface area contributed by atoms with E-state index in [0.29, 0.717) is 13.2 Å². The van der Waals surface area contributed by atoms with E-state index < -0.39 is 6.10 Å². The molecule has 0 unspecified atom stereocenters. The Kier molecular flexibility index (Phi) is 6.03. The molecule has 0 aliphatic carbocycles. The van der Waals surface area contributed by atoms with Crippen LogP contribution in [0.4, 0.5) is 0 Å². The number of ether oxygens (including phenoxy) is 2. The van der Waals surface area contributed by atoms with Crippen LogP contribution >= 0.6 is 12.4 Å². The minimum atomic E-state index is -0.423. The molecule has 4 nitrogen and oxygen atoms in total. The Labute approximate surface area is 84.4 Å². The van der Waals surface area contributed by atoms with Crippen molar-refractivity contribution >= 4 is 18.4 Å². The average molecular weight is 210 g/mol. The monoisotopic (exact) mass is 209 g/mol. The molecule has 13 heavy (non-hydrogen) atoms. The minimum absolute atomic E-state index is 0. The first kappa shape index (κ1) is 12.7. The van der Waals surface area contributed by atoms with Crippen molar-refractivity contribution < 1.29 is 14.3 Å². The molecule has 0 aromatic rings. The summed E-state index contributed by atoms with van der Waals surface area (Å²) in [7, 11) is 0. The first-order valence-corrected chi connectivity index (χ1v) is 4.27. The van der Waals surface area contributed by atoms with E-state index in [1.807, 2.05) is 6.92 Å². The summed E-state index contributed by atoms with van der Waals surface area (Å²) in [5, 5.41) is 3.10. The van der Waals surface area contributed by atoms with Crippen molar-refractivity contribution in [3.63, 3.8) is 0 Å². The molecule has 2 atom stereocenters. The molecular formula is C8H16ClNO3. The average Bonchev–Trinajstić information content (AvgIpc) is 2.05. The molecule has 1 aliphatic rings. The maximum absolute atomic E-state index is 11.2. The summed E-state index contributed by atoms with van der Waals surface area (Å²) in [6, 6.07) is 0. The third-order valence-electron chi connectivity index (χ3n) is 1.71. The van der Waals surface area contributed by atoms with Gasteiger partial charge in [0.25, 0.3) is 0 Å². The van der Waals surface area contributed by atoms with Gasteiger partial charge >= 0.3 is 5.97 Å². The van der Waals surface area contributed by atoms with Gasteiger partial charge in [-0.1, -0.05) is 0 Å². The highest BCUT2D eigenvalue weighted by Gasteiger charge is 2.26. The third-order valence-corrected chi connectivity index (χ3v) is 1.71. The second-order valence-electron chi connectivity index (χ2n) is 2.85. The zero-order valence-corrected chi connectivity index (χ0v) is 8.73. The molecule has 1 heterocycles. The summed E-state index contributed by atoms with van der Waals surface area (Å²) in [5.74, 6) is -0.267. The third kappa shape index (κ3) is 3.93. The first-order chi connectivity index (χ1) is 5.74. The second kappa shape index (κ2) is 6.18. The number of halogens is 1. The summed E-state index contributed by atoms with van der Waals surface area (Å²) in [4.78, 5) is 11.2. The van der Waals surface area contributed by atoms with E-state index in [-0.39, 0.29) is 24.5 Å². The van der Waals surface area contributed by atoms with Crippen molar-refractivity contribution in [2.24, 2.45) is 0 Å². The van der Waals surface area contributed by atoms with E-state index in [4.69, 9.17) is 9.47 Å². The van der Waals surface area contributed by atoms with Gasteiger partial charge in [-0.25, -0.2) is 4.79 Å². The van der Waals surface area contributed by atoms with Crippen LogP contribution in [0, 0.1) is 0 Å². The lowest BCUT2D eigenvalue weighted by Gasteiger charge is -2.26. The normalized spacial score (nSPS) is 27.5. The van der Waals surface area contributed by atoms with Gasteiger partial charge in [0.15, 0.2) is 6.10 Å². The van der Waals surface area contributed by atoms with Gasteiger partial charge < -0.3 is 14.8 Å². The van der Waals surface area contributed by atoms with E-state index >= 15 is 0 Å². The van der Waals surface area contributed by atoms with E-state index in [2.05, 4.69) is 5.32 Å². The van der Waals surface area contributed by atoms with Crippen LogP contribution < -0.4 is 5.32 Å². The number of esters is 1. The Hall–Kier alpha value is -0.320. The smallest absolute Gasteiger partial charge is 0.336 e. The van der Waals surface area contributed by atoms with Gasteiger partial charge in [-0.05, 0) is 13.8 Å². The number of nitrogens with one attached hydrogen (secondary N) is 1. The molecule has 1 saturated heterocycles. The van der Waals surface area contributed by atoms with Gasteiger partial charge in [-0.3, -0.25) is 0 Å². The number of hydrogen-bond donors (Lipinski definition) is 1. The van der Waals surface area contributed by atoms with Crippen LogP contribution in [0.2, 0.25) is 0 Å². The fourth-order valence-corrected chi connectivity index (χ4v) is 1.17. The SMILES string of the molecule is CCOC(=O)[C@@H]1CNC[C@@H](C)O1.Cl. The molecule has 1 N–H and O–H groups in total. The van der Waals surface area contributed by atoms with Crippen molar-refractivity contribution in [3.8, 4) is 0 Å². The molecule has 1 aliphatic heterocycles. The zero-order chi connectivity index (χ0) is 8.97. The summed E-state index contributed by atoms with van der Waals surface area (Å²) >= 11 is 0. The van der Waals surface area contributed by atoms with E-state index in [9.17, 15) is 4.79 Å². The number of carbonyl (C=O) groups excluding carboxylic acids is 1. The summed E-state index contributed by atoms with van der Waals surface area (Å²) < 4.78 is 10.2. The lowest BCUT2D eigenvalue weighted by Crippen LogP contribution is -2.47. The van der Waals surface area contributed by atoms with Crippen molar-refractivity contribution in [2.75, 3.05) is 19.7 Å². The molecular weight excluding hydrogens is 194 g/mol. The van der Waals surface area contributed by atoms with E-state index in [0.717, 1.165) is 6.54 Å². The van der Waals surface area contributed by atoms with Crippen LogP contribution in [0.3, 0.4) is 0 Å². The van der Waals surface area contributed by atoms with Crippen LogP contribution in [0.15, 0.2) is 0 Å². The quantitative estimate of drug-likeness (QED) is 0.667. The number of hydrogen-bond acceptors (Lipinski definition) is 4. The molecule has 0 bridgehead atoms. The highest BCUT2D eigenvalue weighted by atomic mass is 35.5. The number of morpholine rings is 1. The Balaban J connectivity index is 0.00000144. The Morgan fingerprint density at radius 1 is 1.62 bits per heavy atom. The first-order valence-electron chi connectivity index (χ1n) is 4.27. The highest BCUT2D eigenvalue weighted by Crippen LogP contribution is 2.04. The molecule has 1 fully saturated rings. The highest BCUT2D eigenvalue weighted by molar-refractivity contribution is 5.85. The van der Waals surface area contributed by atoms with Gasteiger partial charge in [0.2, 0.25) is 0 Å². The van der Waals surface area contributed by atoms with Crippen LogP contribution in [0.1, 0.15) is 13.8 Å². The Morgan fingerprint density at radius 3 is 2.85 bits per heavy atom. The summed E-state index contributed by atoms with van der Waals surface area (Å²) in [5.41, 5.74) is 0. The van der Waals surface area contributed by atoms with Crippen LogP contribution in [-0.2, 0) is 14.3 Å². The second-order valence-corrected chi connectivity index (χ2v) is 2.85. The lowest BCUT2D eigenvalue weighted by atomic mass is 10.2. The maximum atomic E-state index is 11.2. The molecule has 0 spiro atoms. The summed E-state index contributed by atoms with van der Waals surface area (Å²) in [6.45, 7) is 5.49. The molecule has 78 valence electrons. The van der Waals surface area contributed by atoms with Gasteiger partial charge in [0, 0.05) is 13.1 Å². The van der Waals surface area contributed by atoms with Crippen LogP contribution in [0.5, 0.6) is 0 Å². The van der Waals surface area contributed by atoms with Crippen molar-refractivity contribution in [1.82, 2.24) is 5.32 Å². The van der Waals surface area contributed by atoms with Crippen molar-refractivity contribution in [2.45, 2.75) is 26.1 Å². The molecule has 0 aromatic heterocycles. The van der Waals surface area contributed by atoms with Crippen LogP contribution in [-0.4, -0.2) is 37.9 Å². The van der Waals surface area contributed by atoms with Gasteiger partial charge in [0.05, 0.1) is 12.7 Å². The molecule has 0 aromatic carbocycles. The topological polar surface area (TPSA) is 47.6 Å². The summed E-state index contributed by atoms with van der Waals surface area (Å²) in [6.07, 6.45) is -0.332. The van der Waals surface area contributed by atoms with Gasteiger partial charge in [0.1, 0.15) is 0 Å². The molecule has 1 rings (SSSR count). The fraction of sp³-hybridized carbons (Fsp3) is 0.875. The molecule has 0 saturated carbocycles. The largest absolute Gasteiger partial charge is 0.464 e. The minimum Gasteiger partial charge on any atom is -0.464 e. The Bertz CT molecular complexity index is 165. The maximum Gasteiger partial charge on any atom is 0.336 e. The van der Waals surface area contributed by atoms with Crippen molar-refractivity contribution in [3.05, 3.63) is 0 Å². The van der Waals surface area contributed by atoms with Crippen molar-refractivity contribution in [1.29, 1.82) is 0 Å². The van der Waals surface area contributed by atoms with Gasteiger partial charge in [-0.15, -0.1) is 12.4 Å². The van der Waals surface area contributed by atoms with Crippen LogP contribution in [0.25, 0.3) is 0 Å². The molecule has 0 radical (unpaired) electrons. The van der Waals surface area contributed by atoms with E-state index in [1.54, 1.807) is 6.92 Å². The fourth-order valence-electron chi connectivity index (χ4n) is 1.17. The molecule has 0 amide bonds. The number of rotatable bonds is 2. The predicted octanol–water partition coefficient (Wildman–Crippen LogP) is 0.348. The zero-order valence-electron chi connectivity index (χ0n) is 7.91. The standard InChI is InChI=1S/C8H15NO3.ClH/c1-3-11-8(10)7-5-9-4-6(2)12-7;/h6-7,9H,3-5H2,1-2H3;1H/t6-,7+;/m1./s1. The lowest BCUT2D eigenvalue weighted by molar-refractivity contribution is -0.162. The number of carbonyl (C=O) groups is 1. The van der Waals surface area contributed by atoms with Gasteiger partial charge in [-0.2, -0.15) is 0 Å². The Morgan fingerprint density at radius 2 is 2.31 bits per heavy atom. The van der Waals surface area contributed by atoms with E-state index in [1.165, 1.54) is 0 Å². The molecule has 5 heteroatoms.